The highest BCUT2D eigenvalue weighted by Crippen LogP contribution is 2.40. The standard InChI is InChI=1S/C21H19NO/c1-13-7-6-10-18-19(13)20-14(2)11-16(23)12-17(21(20)22-18)15-8-4-3-5-9-15/h3-10,12,14,22H,11H2,1-2H3. The fourth-order valence-electron chi connectivity index (χ4n) is 3.70. The number of aromatic amines is 1. The smallest absolute Gasteiger partial charge is 0.156 e. The van der Waals surface area contributed by atoms with Gasteiger partial charge in [0.2, 0.25) is 0 Å². The SMILES string of the molecule is Cc1cccc2[nH]c3c(c12)C(C)CC(=O)C=C3c1ccccc1. The predicted octanol–water partition coefficient (Wildman–Crippen LogP) is 4.98. The molecule has 0 saturated heterocycles. The fourth-order valence-corrected chi connectivity index (χ4v) is 3.70. The Labute approximate surface area is 135 Å². The van der Waals surface area contributed by atoms with Crippen molar-refractivity contribution in [3.63, 3.8) is 0 Å². The van der Waals surface area contributed by atoms with Gasteiger partial charge >= 0.3 is 0 Å². The molecule has 1 unspecified atom stereocenters. The fraction of sp³-hybridized carbons (Fsp3) is 0.190. The van der Waals surface area contributed by atoms with Gasteiger partial charge < -0.3 is 4.98 Å². The van der Waals surface area contributed by atoms with Gasteiger partial charge in [-0.15, -0.1) is 0 Å². The second kappa shape index (κ2) is 5.24. The average molecular weight is 301 g/mol. The lowest BCUT2D eigenvalue weighted by Crippen LogP contribution is -1.99. The van der Waals surface area contributed by atoms with Crippen molar-refractivity contribution in [3.8, 4) is 0 Å². The number of aromatic nitrogens is 1. The van der Waals surface area contributed by atoms with E-state index in [2.05, 4.69) is 49.2 Å². The van der Waals surface area contributed by atoms with Gasteiger partial charge in [0, 0.05) is 22.9 Å². The van der Waals surface area contributed by atoms with Crippen LogP contribution in [-0.4, -0.2) is 10.8 Å². The van der Waals surface area contributed by atoms with Crippen LogP contribution in [0, 0.1) is 6.92 Å². The van der Waals surface area contributed by atoms with E-state index in [0.29, 0.717) is 6.42 Å². The van der Waals surface area contributed by atoms with Crippen LogP contribution in [-0.2, 0) is 4.79 Å². The first kappa shape index (κ1) is 14.0. The summed E-state index contributed by atoms with van der Waals surface area (Å²) in [5.74, 6) is 0.410. The third kappa shape index (κ3) is 2.22. The number of aryl methyl sites for hydroxylation is 1. The zero-order chi connectivity index (χ0) is 16.0. The highest BCUT2D eigenvalue weighted by Gasteiger charge is 2.26. The molecular formula is C21H19NO. The number of ketones is 1. The number of hydrogen-bond acceptors (Lipinski definition) is 1. The van der Waals surface area contributed by atoms with Gasteiger partial charge in [-0.2, -0.15) is 0 Å². The summed E-state index contributed by atoms with van der Waals surface area (Å²) < 4.78 is 0. The summed E-state index contributed by atoms with van der Waals surface area (Å²) in [6, 6.07) is 16.5. The van der Waals surface area contributed by atoms with Gasteiger partial charge in [-0.1, -0.05) is 49.4 Å². The summed E-state index contributed by atoms with van der Waals surface area (Å²) in [6.45, 7) is 4.29. The first-order valence-corrected chi connectivity index (χ1v) is 8.06. The number of H-pyrrole nitrogens is 1. The molecule has 1 heterocycles. The summed E-state index contributed by atoms with van der Waals surface area (Å²) in [6.07, 6.45) is 2.37. The molecule has 1 aliphatic carbocycles. The number of allylic oxidation sites excluding steroid dienone is 1. The molecule has 2 heteroatoms. The van der Waals surface area contributed by atoms with E-state index >= 15 is 0 Å². The molecule has 23 heavy (non-hydrogen) atoms. The van der Waals surface area contributed by atoms with Crippen molar-refractivity contribution in [2.45, 2.75) is 26.2 Å². The molecule has 1 N–H and O–H groups in total. The van der Waals surface area contributed by atoms with E-state index in [4.69, 9.17) is 0 Å². The molecule has 114 valence electrons. The van der Waals surface area contributed by atoms with Crippen molar-refractivity contribution >= 4 is 22.3 Å². The Bertz CT molecular complexity index is 931. The van der Waals surface area contributed by atoms with E-state index in [1.807, 2.05) is 24.3 Å². The van der Waals surface area contributed by atoms with E-state index in [1.54, 1.807) is 0 Å². The maximum atomic E-state index is 12.4. The van der Waals surface area contributed by atoms with Crippen LogP contribution in [0.15, 0.2) is 54.6 Å². The van der Waals surface area contributed by atoms with Gasteiger partial charge in [-0.25, -0.2) is 0 Å². The maximum Gasteiger partial charge on any atom is 0.156 e. The van der Waals surface area contributed by atoms with Gasteiger partial charge in [0.1, 0.15) is 0 Å². The Hall–Kier alpha value is -2.61. The average Bonchev–Trinajstić information content (AvgIpc) is 2.89. The largest absolute Gasteiger partial charge is 0.354 e. The molecule has 1 atom stereocenters. The zero-order valence-corrected chi connectivity index (χ0v) is 13.4. The van der Waals surface area contributed by atoms with Crippen molar-refractivity contribution in [3.05, 3.63) is 77.0 Å². The topological polar surface area (TPSA) is 32.9 Å². The van der Waals surface area contributed by atoms with Crippen molar-refractivity contribution < 1.29 is 4.79 Å². The lowest BCUT2D eigenvalue weighted by Gasteiger charge is -2.11. The molecule has 4 rings (SSSR count). The van der Waals surface area contributed by atoms with Crippen LogP contribution in [0.3, 0.4) is 0 Å². The first-order chi connectivity index (χ1) is 11.1. The molecule has 0 radical (unpaired) electrons. The third-order valence-electron chi connectivity index (χ3n) is 4.73. The van der Waals surface area contributed by atoms with Gasteiger partial charge in [-0.3, -0.25) is 4.79 Å². The number of rotatable bonds is 1. The first-order valence-electron chi connectivity index (χ1n) is 8.06. The summed E-state index contributed by atoms with van der Waals surface area (Å²) in [5.41, 5.74) is 6.87. The maximum absolute atomic E-state index is 12.4. The molecule has 0 amide bonds. The Balaban J connectivity index is 2.06. The number of fused-ring (bicyclic) bond motifs is 3. The summed E-state index contributed by atoms with van der Waals surface area (Å²) >= 11 is 0. The molecule has 0 bridgehead atoms. The van der Waals surface area contributed by atoms with Crippen molar-refractivity contribution in [2.24, 2.45) is 0 Å². The van der Waals surface area contributed by atoms with E-state index in [1.165, 1.54) is 16.5 Å². The van der Waals surface area contributed by atoms with Crippen LogP contribution >= 0.6 is 0 Å². The van der Waals surface area contributed by atoms with E-state index < -0.39 is 0 Å². The van der Waals surface area contributed by atoms with Gasteiger partial charge in [0.25, 0.3) is 0 Å². The second-order valence-corrected chi connectivity index (χ2v) is 6.41. The zero-order valence-electron chi connectivity index (χ0n) is 13.4. The minimum Gasteiger partial charge on any atom is -0.354 e. The number of hydrogen-bond donors (Lipinski definition) is 1. The Kier molecular flexibility index (Phi) is 3.19. The molecule has 0 spiro atoms. The number of benzene rings is 2. The summed E-state index contributed by atoms with van der Waals surface area (Å²) in [5, 5.41) is 1.27. The molecule has 3 aromatic rings. The van der Waals surface area contributed by atoms with Crippen LogP contribution in [0.25, 0.3) is 16.5 Å². The van der Waals surface area contributed by atoms with E-state index in [9.17, 15) is 4.79 Å². The highest BCUT2D eigenvalue weighted by molar-refractivity contribution is 6.05. The van der Waals surface area contributed by atoms with E-state index in [0.717, 1.165) is 22.3 Å². The van der Waals surface area contributed by atoms with Crippen LogP contribution in [0.1, 0.15) is 41.6 Å². The normalized spacial score (nSPS) is 17.7. The highest BCUT2D eigenvalue weighted by atomic mass is 16.1. The van der Waals surface area contributed by atoms with Crippen LogP contribution in [0.2, 0.25) is 0 Å². The van der Waals surface area contributed by atoms with E-state index in [-0.39, 0.29) is 11.7 Å². The lowest BCUT2D eigenvalue weighted by molar-refractivity contribution is -0.114. The predicted molar refractivity (Wildman–Crippen MR) is 94.6 cm³/mol. The third-order valence-corrected chi connectivity index (χ3v) is 4.73. The molecule has 1 aromatic heterocycles. The van der Waals surface area contributed by atoms with Crippen molar-refractivity contribution in [1.82, 2.24) is 4.98 Å². The lowest BCUT2D eigenvalue weighted by atomic mass is 9.91. The molecule has 2 aromatic carbocycles. The summed E-state index contributed by atoms with van der Waals surface area (Å²) in [7, 11) is 0. The minimum atomic E-state index is 0.197. The molecule has 1 aliphatic rings. The molecule has 0 saturated carbocycles. The molecule has 0 fully saturated rings. The molecule has 2 nitrogen and oxygen atoms in total. The quantitative estimate of drug-likeness (QED) is 0.675. The molecular weight excluding hydrogens is 282 g/mol. The number of nitrogens with one attached hydrogen (secondary N) is 1. The van der Waals surface area contributed by atoms with Crippen molar-refractivity contribution in [2.75, 3.05) is 0 Å². The minimum absolute atomic E-state index is 0.197. The second-order valence-electron chi connectivity index (χ2n) is 6.41. The number of carbonyl (C=O) groups excluding carboxylic acids is 1. The van der Waals surface area contributed by atoms with Gasteiger partial charge in [0.15, 0.2) is 5.78 Å². The Morgan fingerprint density at radius 1 is 1.04 bits per heavy atom. The van der Waals surface area contributed by atoms with Crippen LogP contribution in [0.4, 0.5) is 0 Å². The Morgan fingerprint density at radius 2 is 1.83 bits per heavy atom. The van der Waals surface area contributed by atoms with Crippen LogP contribution in [0.5, 0.6) is 0 Å². The van der Waals surface area contributed by atoms with Gasteiger partial charge in [-0.05, 0) is 41.7 Å². The molecule has 0 aliphatic heterocycles. The number of carbonyl (C=O) groups is 1. The Morgan fingerprint density at radius 3 is 2.61 bits per heavy atom. The monoisotopic (exact) mass is 301 g/mol. The van der Waals surface area contributed by atoms with Crippen LogP contribution < -0.4 is 0 Å². The summed E-state index contributed by atoms with van der Waals surface area (Å²) in [4.78, 5) is 16.0. The van der Waals surface area contributed by atoms with Gasteiger partial charge in [0.05, 0.1) is 5.69 Å². The van der Waals surface area contributed by atoms with Crippen molar-refractivity contribution in [1.29, 1.82) is 0 Å².